The zero-order chi connectivity index (χ0) is 27.0. The minimum absolute atomic E-state index is 0.0356. The predicted octanol–water partition coefficient (Wildman–Crippen LogP) is 4.87. The SMILES string of the molecule is CC(C)CNC(=O)C(C)N(Cc1ccccc1F)C(=O)CCCN(c1cc(Cl)ccc1Cl)S(C)(=O)=O. The smallest absolute Gasteiger partial charge is 0.242 e. The Kier molecular flexibility index (Phi) is 11.0. The van der Waals surface area contributed by atoms with Gasteiger partial charge in [0.15, 0.2) is 0 Å². The summed E-state index contributed by atoms with van der Waals surface area (Å²) in [6.07, 6.45) is 1.11. The van der Waals surface area contributed by atoms with E-state index in [1.165, 1.54) is 23.1 Å². The molecule has 0 aliphatic rings. The van der Waals surface area contributed by atoms with Crippen LogP contribution in [0.5, 0.6) is 0 Å². The van der Waals surface area contributed by atoms with Crippen molar-refractivity contribution in [2.45, 2.75) is 46.2 Å². The van der Waals surface area contributed by atoms with Crippen molar-refractivity contribution in [1.82, 2.24) is 10.2 Å². The number of anilines is 1. The first-order valence-corrected chi connectivity index (χ1v) is 14.1. The molecular formula is C25H32Cl2FN3O4S. The van der Waals surface area contributed by atoms with Gasteiger partial charge in [-0.1, -0.05) is 55.2 Å². The van der Waals surface area contributed by atoms with E-state index < -0.39 is 27.8 Å². The number of nitrogens with zero attached hydrogens (tertiary/aromatic N) is 2. The summed E-state index contributed by atoms with van der Waals surface area (Å²) in [6.45, 7) is 5.79. The lowest BCUT2D eigenvalue weighted by Gasteiger charge is -2.30. The van der Waals surface area contributed by atoms with Gasteiger partial charge in [-0.3, -0.25) is 13.9 Å². The van der Waals surface area contributed by atoms with Crippen LogP contribution < -0.4 is 9.62 Å². The van der Waals surface area contributed by atoms with Crippen LogP contribution in [-0.2, 0) is 26.2 Å². The van der Waals surface area contributed by atoms with E-state index in [0.717, 1.165) is 10.6 Å². The van der Waals surface area contributed by atoms with Crippen molar-refractivity contribution in [3.8, 4) is 0 Å². The molecule has 1 N–H and O–H groups in total. The highest BCUT2D eigenvalue weighted by Gasteiger charge is 2.27. The number of hydrogen-bond acceptors (Lipinski definition) is 4. The molecule has 0 bridgehead atoms. The monoisotopic (exact) mass is 559 g/mol. The molecule has 0 aromatic heterocycles. The van der Waals surface area contributed by atoms with Gasteiger partial charge in [-0.15, -0.1) is 0 Å². The molecule has 0 spiro atoms. The molecule has 11 heteroatoms. The molecule has 0 aliphatic heterocycles. The maximum Gasteiger partial charge on any atom is 0.242 e. The highest BCUT2D eigenvalue weighted by atomic mass is 35.5. The molecule has 2 aromatic carbocycles. The molecule has 0 fully saturated rings. The van der Waals surface area contributed by atoms with Crippen LogP contribution in [0.2, 0.25) is 10.0 Å². The Morgan fingerprint density at radius 1 is 1.08 bits per heavy atom. The van der Waals surface area contributed by atoms with Crippen molar-refractivity contribution >= 4 is 50.7 Å². The normalized spacial score (nSPS) is 12.3. The summed E-state index contributed by atoms with van der Waals surface area (Å²) in [5, 5.41) is 3.32. The van der Waals surface area contributed by atoms with Crippen LogP contribution >= 0.6 is 23.2 Å². The van der Waals surface area contributed by atoms with Gasteiger partial charge in [0.25, 0.3) is 0 Å². The van der Waals surface area contributed by atoms with Crippen LogP contribution in [0, 0.1) is 11.7 Å². The van der Waals surface area contributed by atoms with Gasteiger partial charge in [-0.25, -0.2) is 12.8 Å². The first-order valence-electron chi connectivity index (χ1n) is 11.5. The maximum absolute atomic E-state index is 14.3. The average molecular weight is 561 g/mol. The predicted molar refractivity (Wildman–Crippen MR) is 142 cm³/mol. The molecule has 0 saturated heterocycles. The molecule has 1 unspecified atom stereocenters. The molecule has 36 heavy (non-hydrogen) atoms. The Morgan fingerprint density at radius 2 is 1.75 bits per heavy atom. The Labute approximate surface area is 222 Å². The standard InChI is InChI=1S/C25H32Cl2FN3O4S/c1-17(2)15-29-25(33)18(3)30(16-19-8-5-6-9-22(19)28)24(32)10-7-13-31(36(4,34)35)23-14-20(26)11-12-21(23)27/h5-6,8-9,11-12,14,17-18H,7,10,13,15-16H2,1-4H3,(H,29,33). The molecule has 2 amide bonds. The summed E-state index contributed by atoms with van der Waals surface area (Å²) in [4.78, 5) is 27.3. The largest absolute Gasteiger partial charge is 0.354 e. The van der Waals surface area contributed by atoms with Crippen LogP contribution in [-0.4, -0.2) is 50.5 Å². The van der Waals surface area contributed by atoms with Crippen molar-refractivity contribution in [1.29, 1.82) is 0 Å². The van der Waals surface area contributed by atoms with Gasteiger partial charge in [0, 0.05) is 36.6 Å². The number of benzene rings is 2. The number of carbonyl (C=O) groups is 2. The zero-order valence-electron chi connectivity index (χ0n) is 20.8. The average Bonchev–Trinajstić information content (AvgIpc) is 2.80. The Balaban J connectivity index is 2.21. The van der Waals surface area contributed by atoms with Gasteiger partial charge in [0.2, 0.25) is 21.8 Å². The second-order valence-electron chi connectivity index (χ2n) is 8.96. The molecule has 0 heterocycles. The van der Waals surface area contributed by atoms with E-state index in [1.54, 1.807) is 31.2 Å². The molecule has 1 atom stereocenters. The minimum atomic E-state index is -3.72. The van der Waals surface area contributed by atoms with Crippen LogP contribution in [0.15, 0.2) is 42.5 Å². The summed E-state index contributed by atoms with van der Waals surface area (Å²) < 4.78 is 40.3. The topological polar surface area (TPSA) is 86.8 Å². The second-order valence-corrected chi connectivity index (χ2v) is 11.7. The zero-order valence-corrected chi connectivity index (χ0v) is 23.1. The van der Waals surface area contributed by atoms with Crippen LogP contribution in [0.25, 0.3) is 0 Å². The Morgan fingerprint density at radius 3 is 2.36 bits per heavy atom. The van der Waals surface area contributed by atoms with Crippen molar-refractivity contribution in [2.75, 3.05) is 23.7 Å². The third kappa shape index (κ3) is 8.64. The summed E-state index contributed by atoms with van der Waals surface area (Å²) in [7, 11) is -3.72. The Bertz CT molecular complexity index is 1180. The summed E-state index contributed by atoms with van der Waals surface area (Å²) in [5.74, 6) is -1.02. The number of sulfonamides is 1. The van der Waals surface area contributed by atoms with Crippen molar-refractivity contribution in [3.05, 3.63) is 63.9 Å². The molecule has 7 nitrogen and oxygen atoms in total. The van der Waals surface area contributed by atoms with Gasteiger partial charge in [0.05, 0.1) is 17.0 Å². The summed E-state index contributed by atoms with van der Waals surface area (Å²) in [6, 6.07) is 9.68. The van der Waals surface area contributed by atoms with Gasteiger partial charge in [-0.2, -0.15) is 0 Å². The van der Waals surface area contributed by atoms with Gasteiger partial charge < -0.3 is 10.2 Å². The number of hydrogen-bond donors (Lipinski definition) is 1. The molecule has 2 rings (SSSR count). The fourth-order valence-electron chi connectivity index (χ4n) is 3.50. The van der Waals surface area contributed by atoms with Gasteiger partial charge in [0.1, 0.15) is 11.9 Å². The highest BCUT2D eigenvalue weighted by molar-refractivity contribution is 7.92. The van der Waals surface area contributed by atoms with Crippen molar-refractivity contribution in [2.24, 2.45) is 5.92 Å². The van der Waals surface area contributed by atoms with Crippen LogP contribution in [0.3, 0.4) is 0 Å². The molecule has 198 valence electrons. The van der Waals surface area contributed by atoms with Crippen molar-refractivity contribution in [3.63, 3.8) is 0 Å². The van der Waals surface area contributed by atoms with E-state index in [0.29, 0.717) is 11.6 Å². The maximum atomic E-state index is 14.3. The van der Waals surface area contributed by atoms with Crippen LogP contribution in [0.4, 0.5) is 10.1 Å². The van der Waals surface area contributed by atoms with E-state index in [2.05, 4.69) is 5.32 Å². The second kappa shape index (κ2) is 13.3. The number of rotatable bonds is 12. The first-order chi connectivity index (χ1) is 16.8. The summed E-state index contributed by atoms with van der Waals surface area (Å²) >= 11 is 12.2. The fourth-order valence-corrected chi connectivity index (χ4v) is 4.91. The fraction of sp³-hybridized carbons (Fsp3) is 0.440. The summed E-state index contributed by atoms with van der Waals surface area (Å²) in [5.41, 5.74) is 0.488. The number of amides is 2. The lowest BCUT2D eigenvalue weighted by Crippen LogP contribution is -2.48. The quantitative estimate of drug-likeness (QED) is 0.402. The Hall–Kier alpha value is -2.36. The van der Waals surface area contributed by atoms with E-state index in [9.17, 15) is 22.4 Å². The van der Waals surface area contributed by atoms with Gasteiger partial charge >= 0.3 is 0 Å². The molecular weight excluding hydrogens is 528 g/mol. The third-order valence-electron chi connectivity index (χ3n) is 5.48. The molecule has 0 radical (unpaired) electrons. The van der Waals surface area contributed by atoms with Crippen LogP contribution in [0.1, 0.15) is 39.2 Å². The lowest BCUT2D eigenvalue weighted by molar-refractivity contribution is -0.140. The molecule has 0 aliphatic carbocycles. The van der Waals surface area contributed by atoms with E-state index in [4.69, 9.17) is 23.2 Å². The van der Waals surface area contributed by atoms with E-state index >= 15 is 0 Å². The van der Waals surface area contributed by atoms with E-state index in [-0.39, 0.29) is 54.0 Å². The van der Waals surface area contributed by atoms with Crippen molar-refractivity contribution < 1.29 is 22.4 Å². The minimum Gasteiger partial charge on any atom is -0.354 e. The first kappa shape index (κ1) is 29.9. The van der Waals surface area contributed by atoms with E-state index in [1.807, 2.05) is 13.8 Å². The highest BCUT2D eigenvalue weighted by Crippen LogP contribution is 2.31. The number of carbonyl (C=O) groups excluding carboxylic acids is 2. The number of halogens is 3. The molecule has 0 saturated carbocycles. The number of nitrogens with one attached hydrogen (secondary N) is 1. The lowest BCUT2D eigenvalue weighted by atomic mass is 10.1. The third-order valence-corrected chi connectivity index (χ3v) is 7.21. The molecule has 2 aromatic rings. The van der Waals surface area contributed by atoms with Gasteiger partial charge in [-0.05, 0) is 43.5 Å².